The zero-order valence-electron chi connectivity index (χ0n) is 18.6. The van der Waals surface area contributed by atoms with Crippen molar-refractivity contribution in [1.82, 2.24) is 9.62 Å². The molecule has 1 amide bonds. The summed E-state index contributed by atoms with van der Waals surface area (Å²) >= 11 is 0. The number of piperidine rings is 1. The molecule has 0 radical (unpaired) electrons. The van der Waals surface area contributed by atoms with Crippen molar-refractivity contribution < 1.29 is 17.9 Å². The van der Waals surface area contributed by atoms with Crippen molar-refractivity contribution in [2.75, 3.05) is 13.1 Å². The van der Waals surface area contributed by atoms with Crippen LogP contribution in [0, 0.1) is 6.92 Å². The summed E-state index contributed by atoms with van der Waals surface area (Å²) in [7, 11) is -3.58. The van der Waals surface area contributed by atoms with Gasteiger partial charge in [0.2, 0.25) is 10.0 Å². The molecule has 1 aliphatic heterocycles. The minimum absolute atomic E-state index is 0.153. The van der Waals surface area contributed by atoms with Gasteiger partial charge in [0.25, 0.3) is 5.91 Å². The molecule has 2 aromatic rings. The molecule has 7 heteroatoms. The Morgan fingerprint density at radius 1 is 1.06 bits per heavy atom. The first-order valence-electron chi connectivity index (χ1n) is 10.9. The van der Waals surface area contributed by atoms with Crippen LogP contribution < -0.4 is 5.32 Å². The molecule has 1 heterocycles. The standard InChI is InChI=1S/C24H32N2O4S/c1-18(2)30-17-21-9-7-8-20(14-21)16-25-24(27)23-15-22(11-10-19(23)3)31(28,29)26-12-5-4-6-13-26/h7-11,14-15,18H,4-6,12-13,16-17H2,1-3H3,(H,25,27). The first kappa shape index (κ1) is 23.4. The number of ether oxygens (including phenoxy) is 1. The highest BCUT2D eigenvalue weighted by molar-refractivity contribution is 7.89. The van der Waals surface area contributed by atoms with E-state index in [4.69, 9.17) is 4.74 Å². The van der Waals surface area contributed by atoms with Crippen LogP contribution in [0.5, 0.6) is 0 Å². The second-order valence-corrected chi connectivity index (χ2v) is 10.2. The molecule has 0 atom stereocenters. The summed E-state index contributed by atoms with van der Waals surface area (Å²) in [6, 6.07) is 12.7. The predicted octanol–water partition coefficient (Wildman–Crippen LogP) is 4.02. The van der Waals surface area contributed by atoms with Crippen LogP contribution in [-0.2, 0) is 27.9 Å². The molecule has 168 valence electrons. The van der Waals surface area contributed by atoms with E-state index in [9.17, 15) is 13.2 Å². The van der Waals surface area contributed by atoms with Crippen molar-refractivity contribution in [3.05, 3.63) is 64.7 Å². The molecule has 1 fully saturated rings. The van der Waals surface area contributed by atoms with Gasteiger partial charge in [-0.2, -0.15) is 4.31 Å². The molecule has 31 heavy (non-hydrogen) atoms. The Morgan fingerprint density at radius 2 is 1.77 bits per heavy atom. The first-order valence-corrected chi connectivity index (χ1v) is 12.3. The van der Waals surface area contributed by atoms with Crippen LogP contribution in [0.25, 0.3) is 0 Å². The average Bonchev–Trinajstić information content (AvgIpc) is 2.77. The highest BCUT2D eigenvalue weighted by atomic mass is 32.2. The van der Waals surface area contributed by atoms with E-state index in [0.29, 0.717) is 31.8 Å². The minimum Gasteiger partial charge on any atom is -0.374 e. The largest absolute Gasteiger partial charge is 0.374 e. The topological polar surface area (TPSA) is 75.7 Å². The average molecular weight is 445 g/mol. The van der Waals surface area contributed by atoms with Crippen LogP contribution in [0.15, 0.2) is 47.4 Å². The van der Waals surface area contributed by atoms with Crippen molar-refractivity contribution in [2.24, 2.45) is 0 Å². The van der Waals surface area contributed by atoms with Gasteiger partial charge in [-0.1, -0.05) is 36.8 Å². The molecule has 3 rings (SSSR count). The summed E-state index contributed by atoms with van der Waals surface area (Å²) in [6.07, 6.45) is 2.96. The van der Waals surface area contributed by atoms with E-state index in [1.807, 2.05) is 45.0 Å². The van der Waals surface area contributed by atoms with Crippen LogP contribution in [0.4, 0.5) is 0 Å². The van der Waals surface area contributed by atoms with E-state index >= 15 is 0 Å². The number of carbonyl (C=O) groups excluding carboxylic acids is 1. The number of sulfonamides is 1. The van der Waals surface area contributed by atoms with Gasteiger partial charge in [-0.3, -0.25) is 4.79 Å². The van der Waals surface area contributed by atoms with Crippen molar-refractivity contribution in [2.45, 2.75) is 64.2 Å². The lowest BCUT2D eigenvalue weighted by Gasteiger charge is -2.26. The van der Waals surface area contributed by atoms with Crippen molar-refractivity contribution in [3.63, 3.8) is 0 Å². The maximum atomic E-state index is 13.0. The fourth-order valence-electron chi connectivity index (χ4n) is 3.63. The highest BCUT2D eigenvalue weighted by Crippen LogP contribution is 2.23. The predicted molar refractivity (Wildman–Crippen MR) is 121 cm³/mol. The molecule has 6 nitrogen and oxygen atoms in total. The summed E-state index contributed by atoms with van der Waals surface area (Å²) in [5.74, 6) is -0.281. The normalized spacial score (nSPS) is 15.2. The Morgan fingerprint density at radius 3 is 2.48 bits per heavy atom. The lowest BCUT2D eigenvalue weighted by Crippen LogP contribution is -2.35. The van der Waals surface area contributed by atoms with Gasteiger partial charge in [0.15, 0.2) is 0 Å². The van der Waals surface area contributed by atoms with Crippen LogP contribution in [0.3, 0.4) is 0 Å². The van der Waals surface area contributed by atoms with Crippen molar-refractivity contribution in [1.29, 1.82) is 0 Å². The Hall–Kier alpha value is -2.22. The number of hydrogen-bond donors (Lipinski definition) is 1. The third-order valence-corrected chi connectivity index (χ3v) is 7.33. The number of benzene rings is 2. The summed E-state index contributed by atoms with van der Waals surface area (Å²) in [5, 5.41) is 2.92. The first-order chi connectivity index (χ1) is 14.8. The van der Waals surface area contributed by atoms with Gasteiger partial charge < -0.3 is 10.1 Å². The van der Waals surface area contributed by atoms with E-state index in [2.05, 4.69) is 5.32 Å². The molecule has 2 aromatic carbocycles. The molecule has 0 spiro atoms. The second kappa shape index (κ2) is 10.4. The number of aryl methyl sites for hydroxylation is 1. The van der Waals surface area contributed by atoms with Crippen LogP contribution >= 0.6 is 0 Å². The quantitative estimate of drug-likeness (QED) is 0.667. The fourth-order valence-corrected chi connectivity index (χ4v) is 5.17. The Bertz CT molecular complexity index is 1010. The smallest absolute Gasteiger partial charge is 0.251 e. The van der Waals surface area contributed by atoms with Crippen LogP contribution in [0.1, 0.15) is 60.2 Å². The van der Waals surface area contributed by atoms with Gasteiger partial charge in [-0.05, 0) is 62.4 Å². The number of nitrogens with zero attached hydrogens (tertiary/aromatic N) is 1. The van der Waals surface area contributed by atoms with E-state index in [1.165, 1.54) is 10.4 Å². The van der Waals surface area contributed by atoms with E-state index in [-0.39, 0.29) is 16.9 Å². The van der Waals surface area contributed by atoms with Crippen LogP contribution in [-0.4, -0.2) is 37.8 Å². The maximum Gasteiger partial charge on any atom is 0.251 e. The third kappa shape index (κ3) is 6.15. The summed E-state index contributed by atoms with van der Waals surface area (Å²) < 4.78 is 33.1. The van der Waals surface area contributed by atoms with E-state index in [0.717, 1.165) is 36.0 Å². The molecular formula is C24H32N2O4S. The van der Waals surface area contributed by atoms with Crippen LogP contribution in [0.2, 0.25) is 0 Å². The monoisotopic (exact) mass is 444 g/mol. The van der Waals surface area contributed by atoms with E-state index < -0.39 is 10.0 Å². The minimum atomic E-state index is -3.58. The maximum absolute atomic E-state index is 13.0. The van der Waals surface area contributed by atoms with Crippen molar-refractivity contribution in [3.8, 4) is 0 Å². The summed E-state index contributed by atoms with van der Waals surface area (Å²) in [4.78, 5) is 13.0. The van der Waals surface area contributed by atoms with Gasteiger partial charge in [-0.25, -0.2) is 8.42 Å². The van der Waals surface area contributed by atoms with Gasteiger partial charge in [-0.15, -0.1) is 0 Å². The van der Waals surface area contributed by atoms with Gasteiger partial charge >= 0.3 is 0 Å². The molecular weight excluding hydrogens is 412 g/mol. The number of nitrogens with one attached hydrogen (secondary N) is 1. The second-order valence-electron chi connectivity index (χ2n) is 8.30. The zero-order chi connectivity index (χ0) is 22.4. The molecule has 0 saturated carbocycles. The van der Waals surface area contributed by atoms with Gasteiger partial charge in [0.1, 0.15) is 0 Å². The Labute approximate surface area is 185 Å². The number of amides is 1. The number of rotatable bonds is 8. The lowest BCUT2D eigenvalue weighted by molar-refractivity contribution is 0.0657. The molecule has 1 saturated heterocycles. The van der Waals surface area contributed by atoms with Crippen molar-refractivity contribution >= 4 is 15.9 Å². The fraction of sp³-hybridized carbons (Fsp3) is 0.458. The van der Waals surface area contributed by atoms with Gasteiger partial charge in [0, 0.05) is 25.2 Å². The summed E-state index contributed by atoms with van der Waals surface area (Å²) in [6.45, 7) is 7.75. The van der Waals surface area contributed by atoms with E-state index in [1.54, 1.807) is 12.1 Å². The highest BCUT2D eigenvalue weighted by Gasteiger charge is 2.27. The Kier molecular flexibility index (Phi) is 7.86. The molecule has 0 unspecified atom stereocenters. The SMILES string of the molecule is Cc1ccc(S(=O)(=O)N2CCCCC2)cc1C(=O)NCc1cccc(COC(C)C)c1. The number of hydrogen-bond acceptors (Lipinski definition) is 4. The zero-order valence-corrected chi connectivity index (χ0v) is 19.4. The van der Waals surface area contributed by atoms with Gasteiger partial charge in [0.05, 0.1) is 17.6 Å². The Balaban J connectivity index is 1.71. The molecule has 0 aromatic heterocycles. The molecule has 0 aliphatic carbocycles. The third-order valence-electron chi connectivity index (χ3n) is 5.43. The molecule has 0 bridgehead atoms. The molecule has 1 aliphatic rings. The number of carbonyl (C=O) groups is 1. The summed E-state index contributed by atoms with van der Waals surface area (Å²) in [5.41, 5.74) is 3.14. The lowest BCUT2D eigenvalue weighted by atomic mass is 10.1. The molecule has 1 N–H and O–H groups in total.